The minimum Gasteiger partial charge on any atom is -0.300 e. The Morgan fingerprint density at radius 3 is 1.80 bits per heavy atom. The van der Waals surface area contributed by atoms with Gasteiger partial charge in [0.1, 0.15) is 11.6 Å². The summed E-state index contributed by atoms with van der Waals surface area (Å²) in [6.45, 7) is 3.15. The van der Waals surface area contributed by atoms with Crippen molar-refractivity contribution < 1.29 is 9.59 Å². The maximum Gasteiger partial charge on any atom is 0.134 e. The van der Waals surface area contributed by atoms with E-state index in [1.165, 1.54) is 0 Å². The lowest BCUT2D eigenvalue weighted by Gasteiger charge is -1.96. The molecule has 0 amide bonds. The van der Waals surface area contributed by atoms with Crippen LogP contribution in [0.5, 0.6) is 0 Å². The van der Waals surface area contributed by atoms with E-state index in [1.807, 2.05) is 30.3 Å². The first kappa shape index (κ1) is 10.1. The van der Waals surface area contributed by atoms with Gasteiger partial charge in [0.15, 0.2) is 0 Å². The monoisotopic (exact) mass is 202 g/mol. The third kappa shape index (κ3) is 1.72. The largest absolute Gasteiger partial charge is 0.300 e. The molecule has 78 valence electrons. The van der Waals surface area contributed by atoms with E-state index in [0.717, 1.165) is 5.56 Å². The second-order valence-electron chi connectivity index (χ2n) is 4.21. The number of Topliss-reactive ketones (excluding diaryl/α,β-unsaturated/α-hetero) is 2. The van der Waals surface area contributed by atoms with E-state index in [1.54, 1.807) is 13.8 Å². The van der Waals surface area contributed by atoms with Gasteiger partial charge in [0, 0.05) is 17.8 Å². The second-order valence-corrected chi connectivity index (χ2v) is 4.21. The summed E-state index contributed by atoms with van der Waals surface area (Å²) in [6, 6.07) is 9.81. The van der Waals surface area contributed by atoms with Crippen LogP contribution in [0.4, 0.5) is 0 Å². The summed E-state index contributed by atoms with van der Waals surface area (Å²) in [6.07, 6.45) is 0. The lowest BCUT2D eigenvalue weighted by Crippen LogP contribution is -2.01. The molecule has 1 saturated carbocycles. The van der Waals surface area contributed by atoms with Crippen molar-refractivity contribution >= 4 is 11.6 Å². The molecule has 0 spiro atoms. The van der Waals surface area contributed by atoms with Crippen molar-refractivity contribution in [3.8, 4) is 0 Å². The number of carbonyl (C=O) groups excluding carboxylic acids is 2. The molecule has 0 radical (unpaired) electrons. The molecule has 0 aromatic heterocycles. The maximum atomic E-state index is 11.4. The summed E-state index contributed by atoms with van der Waals surface area (Å²) in [5.74, 6) is 0.226. The van der Waals surface area contributed by atoms with E-state index in [4.69, 9.17) is 0 Å². The smallest absolute Gasteiger partial charge is 0.134 e. The second kappa shape index (κ2) is 3.61. The van der Waals surface area contributed by atoms with E-state index < -0.39 is 0 Å². The van der Waals surface area contributed by atoms with Crippen LogP contribution >= 0.6 is 0 Å². The minimum absolute atomic E-state index is 0.0788. The van der Waals surface area contributed by atoms with Crippen molar-refractivity contribution in [3.05, 3.63) is 35.9 Å². The number of hydrogen-bond donors (Lipinski definition) is 0. The Morgan fingerprint density at radius 1 is 0.933 bits per heavy atom. The standard InChI is InChI=1S/C13H14O2/c1-8(14)11-12(9(2)15)13(11)10-6-4-3-5-7-10/h3-7,11-13H,1-2H3/t11-,12+,13?. The lowest BCUT2D eigenvalue weighted by atomic mass is 10.1. The average Bonchev–Trinajstić information content (AvgIpc) is 2.94. The number of hydrogen-bond acceptors (Lipinski definition) is 2. The predicted molar refractivity (Wildman–Crippen MR) is 57.5 cm³/mol. The van der Waals surface area contributed by atoms with Crippen LogP contribution < -0.4 is 0 Å². The van der Waals surface area contributed by atoms with Gasteiger partial charge in [-0.3, -0.25) is 9.59 Å². The molecule has 1 aliphatic carbocycles. The Labute approximate surface area is 89.3 Å². The van der Waals surface area contributed by atoms with E-state index in [2.05, 4.69) is 0 Å². The molecule has 2 rings (SSSR count). The van der Waals surface area contributed by atoms with Crippen LogP contribution in [-0.4, -0.2) is 11.6 Å². The van der Waals surface area contributed by atoms with E-state index >= 15 is 0 Å². The summed E-state index contributed by atoms with van der Waals surface area (Å²) >= 11 is 0. The molecule has 15 heavy (non-hydrogen) atoms. The summed E-state index contributed by atoms with van der Waals surface area (Å²) in [4.78, 5) is 22.7. The Bertz CT molecular complexity index is 374. The molecule has 1 aliphatic rings. The third-order valence-electron chi connectivity index (χ3n) is 3.14. The fraction of sp³-hybridized carbons (Fsp3) is 0.385. The van der Waals surface area contributed by atoms with Gasteiger partial charge in [-0.1, -0.05) is 30.3 Å². The molecule has 1 aromatic rings. The van der Waals surface area contributed by atoms with Gasteiger partial charge < -0.3 is 0 Å². The third-order valence-corrected chi connectivity index (χ3v) is 3.14. The van der Waals surface area contributed by atoms with Crippen LogP contribution in [-0.2, 0) is 9.59 Å². The zero-order valence-corrected chi connectivity index (χ0v) is 8.94. The van der Waals surface area contributed by atoms with Gasteiger partial charge in [0.05, 0.1) is 0 Å². The molecule has 2 nitrogen and oxygen atoms in total. The minimum atomic E-state index is -0.0788. The molecular weight excluding hydrogens is 188 g/mol. The van der Waals surface area contributed by atoms with Crippen molar-refractivity contribution in [2.75, 3.05) is 0 Å². The number of carbonyl (C=O) groups is 2. The van der Waals surface area contributed by atoms with Crippen molar-refractivity contribution in [1.82, 2.24) is 0 Å². The lowest BCUT2D eigenvalue weighted by molar-refractivity contribution is -0.122. The molecule has 1 unspecified atom stereocenters. The SMILES string of the molecule is CC(=O)[C@@H]1C(c2ccccc2)[C@@H]1C(C)=O. The fourth-order valence-corrected chi connectivity index (χ4v) is 2.41. The Hall–Kier alpha value is -1.44. The Morgan fingerprint density at radius 2 is 1.40 bits per heavy atom. The molecule has 0 saturated heterocycles. The van der Waals surface area contributed by atoms with Crippen molar-refractivity contribution in [2.24, 2.45) is 11.8 Å². The van der Waals surface area contributed by atoms with Gasteiger partial charge in [0.25, 0.3) is 0 Å². The molecule has 0 N–H and O–H groups in total. The molecule has 1 fully saturated rings. The van der Waals surface area contributed by atoms with Crippen LogP contribution in [0.15, 0.2) is 30.3 Å². The molecule has 0 heterocycles. The normalized spacial score (nSPS) is 28.5. The number of benzene rings is 1. The maximum absolute atomic E-state index is 11.4. The first-order chi connectivity index (χ1) is 7.13. The Kier molecular flexibility index (Phi) is 2.43. The summed E-state index contributed by atoms with van der Waals surface area (Å²) < 4.78 is 0. The number of ketones is 2. The van der Waals surface area contributed by atoms with Gasteiger partial charge in [-0.05, 0) is 19.4 Å². The van der Waals surface area contributed by atoms with Gasteiger partial charge in [0.2, 0.25) is 0 Å². The number of rotatable bonds is 3. The van der Waals surface area contributed by atoms with Crippen LogP contribution in [0.25, 0.3) is 0 Å². The van der Waals surface area contributed by atoms with E-state index in [-0.39, 0.29) is 29.3 Å². The fourth-order valence-electron chi connectivity index (χ4n) is 2.41. The molecular formula is C13H14O2. The zero-order valence-electron chi connectivity index (χ0n) is 8.94. The summed E-state index contributed by atoms with van der Waals surface area (Å²) in [5, 5.41) is 0. The summed E-state index contributed by atoms with van der Waals surface area (Å²) in [5.41, 5.74) is 1.11. The van der Waals surface area contributed by atoms with E-state index in [0.29, 0.717) is 0 Å². The molecule has 0 aliphatic heterocycles. The van der Waals surface area contributed by atoms with Gasteiger partial charge in [-0.15, -0.1) is 0 Å². The highest BCUT2D eigenvalue weighted by atomic mass is 16.1. The average molecular weight is 202 g/mol. The zero-order chi connectivity index (χ0) is 11.0. The van der Waals surface area contributed by atoms with Crippen molar-refractivity contribution in [1.29, 1.82) is 0 Å². The summed E-state index contributed by atoms with van der Waals surface area (Å²) in [7, 11) is 0. The highest BCUT2D eigenvalue weighted by molar-refractivity contribution is 5.94. The van der Waals surface area contributed by atoms with Gasteiger partial charge in [-0.2, -0.15) is 0 Å². The van der Waals surface area contributed by atoms with Crippen LogP contribution in [0.3, 0.4) is 0 Å². The highest BCUT2D eigenvalue weighted by Gasteiger charge is 2.56. The molecule has 2 heteroatoms. The van der Waals surface area contributed by atoms with Crippen LogP contribution in [0.2, 0.25) is 0 Å². The first-order valence-corrected chi connectivity index (χ1v) is 5.18. The molecule has 0 bridgehead atoms. The predicted octanol–water partition coefficient (Wildman–Crippen LogP) is 2.19. The van der Waals surface area contributed by atoms with Crippen LogP contribution in [0, 0.1) is 11.8 Å². The van der Waals surface area contributed by atoms with Crippen molar-refractivity contribution in [3.63, 3.8) is 0 Å². The molecule has 1 aromatic carbocycles. The highest BCUT2D eigenvalue weighted by Crippen LogP contribution is 2.54. The van der Waals surface area contributed by atoms with Gasteiger partial charge >= 0.3 is 0 Å². The quantitative estimate of drug-likeness (QED) is 0.753. The Balaban J connectivity index is 2.25. The molecule has 3 atom stereocenters. The topological polar surface area (TPSA) is 34.1 Å². The first-order valence-electron chi connectivity index (χ1n) is 5.18. The van der Waals surface area contributed by atoms with Crippen LogP contribution in [0.1, 0.15) is 25.3 Å². The van der Waals surface area contributed by atoms with Crippen molar-refractivity contribution in [2.45, 2.75) is 19.8 Å². The van der Waals surface area contributed by atoms with Gasteiger partial charge in [-0.25, -0.2) is 0 Å². The van der Waals surface area contributed by atoms with E-state index in [9.17, 15) is 9.59 Å².